The van der Waals surface area contributed by atoms with Gasteiger partial charge in [-0.25, -0.2) is 4.98 Å². The van der Waals surface area contributed by atoms with E-state index in [-0.39, 0.29) is 5.56 Å². The summed E-state index contributed by atoms with van der Waals surface area (Å²) >= 11 is 1.81. The number of aromatic nitrogens is 1. The van der Waals surface area contributed by atoms with E-state index >= 15 is 0 Å². The van der Waals surface area contributed by atoms with Gasteiger partial charge in [0.1, 0.15) is 5.82 Å². The molecule has 0 aliphatic carbocycles. The predicted molar refractivity (Wildman–Crippen MR) is 129 cm³/mol. The minimum Gasteiger partial charge on any atom is -0.545 e. The van der Waals surface area contributed by atoms with Gasteiger partial charge in [-0.3, -0.25) is 0 Å². The number of thioether (sulfide) groups is 1. The van der Waals surface area contributed by atoms with Crippen molar-refractivity contribution in [2.24, 2.45) is 0 Å². The second-order valence-corrected chi connectivity index (χ2v) is 8.55. The van der Waals surface area contributed by atoms with Crippen LogP contribution in [0.2, 0.25) is 0 Å². The zero-order valence-corrected chi connectivity index (χ0v) is 18.3. The van der Waals surface area contributed by atoms with Gasteiger partial charge in [-0.2, -0.15) is 0 Å². The van der Waals surface area contributed by atoms with Gasteiger partial charge in [0.25, 0.3) is 0 Å². The Morgan fingerprint density at radius 1 is 0.781 bits per heavy atom. The summed E-state index contributed by atoms with van der Waals surface area (Å²) in [4.78, 5) is 15.5. The first-order valence-corrected chi connectivity index (χ1v) is 11.4. The molecule has 0 aliphatic heterocycles. The van der Waals surface area contributed by atoms with E-state index in [2.05, 4.69) is 83.1 Å². The minimum absolute atomic E-state index is 0.0675. The van der Waals surface area contributed by atoms with E-state index in [9.17, 15) is 9.90 Å². The number of benzene rings is 3. The Hall–Kier alpha value is -3.57. The third-order valence-corrected chi connectivity index (χ3v) is 6.83. The molecule has 0 bridgehead atoms. The van der Waals surface area contributed by atoms with Crippen molar-refractivity contribution in [3.8, 4) is 0 Å². The zero-order chi connectivity index (χ0) is 22.2. The third-order valence-electron chi connectivity index (χ3n) is 5.28. The number of carbonyl (C=O) groups is 1. The summed E-state index contributed by atoms with van der Waals surface area (Å²) in [5.74, 6) is -0.180. The van der Waals surface area contributed by atoms with Crippen LogP contribution >= 0.6 is 11.8 Å². The summed E-state index contributed by atoms with van der Waals surface area (Å²) in [5, 5.41) is 14.5. The Labute approximate surface area is 192 Å². The molecule has 0 aliphatic rings. The van der Waals surface area contributed by atoms with Gasteiger partial charge in [-0.1, -0.05) is 91.0 Å². The Balaban J connectivity index is 1.67. The molecule has 4 nitrogen and oxygen atoms in total. The van der Waals surface area contributed by atoms with Crippen LogP contribution < -0.4 is 10.4 Å². The van der Waals surface area contributed by atoms with Crippen molar-refractivity contribution in [3.63, 3.8) is 0 Å². The van der Waals surface area contributed by atoms with Gasteiger partial charge in [0.2, 0.25) is 0 Å². The molecule has 0 atom stereocenters. The molecule has 1 aromatic heterocycles. The van der Waals surface area contributed by atoms with E-state index in [4.69, 9.17) is 0 Å². The monoisotopic (exact) mass is 439 g/mol. The molecule has 0 radical (unpaired) electrons. The molecule has 32 heavy (non-hydrogen) atoms. The molecule has 1 N–H and O–H groups in total. The highest BCUT2D eigenvalue weighted by atomic mass is 32.2. The topological polar surface area (TPSA) is 65.0 Å². The highest BCUT2D eigenvalue weighted by molar-refractivity contribution is 8.00. The molecule has 4 rings (SSSR count). The number of rotatable bonds is 9. The second-order valence-electron chi connectivity index (χ2n) is 7.24. The molecule has 1 heterocycles. The van der Waals surface area contributed by atoms with Crippen LogP contribution in [-0.2, 0) is 4.75 Å². The SMILES string of the molecule is O=C([O-])c1cccnc1NCCSC(c1ccccc1)(c1ccccc1)c1ccccc1. The fraction of sp³-hybridized carbons (Fsp3) is 0.111. The Morgan fingerprint density at radius 3 is 1.75 bits per heavy atom. The molecule has 0 saturated heterocycles. The molecule has 0 fully saturated rings. The Bertz CT molecular complexity index is 1060. The van der Waals surface area contributed by atoms with Crippen LogP contribution in [0.5, 0.6) is 0 Å². The molecule has 0 unspecified atom stereocenters. The van der Waals surface area contributed by atoms with Crippen molar-refractivity contribution in [3.05, 3.63) is 132 Å². The molecule has 4 aromatic rings. The van der Waals surface area contributed by atoms with Crippen molar-refractivity contribution < 1.29 is 9.90 Å². The number of nitrogens with zero attached hydrogens (tertiary/aromatic N) is 1. The van der Waals surface area contributed by atoms with Crippen molar-refractivity contribution in [2.75, 3.05) is 17.6 Å². The van der Waals surface area contributed by atoms with E-state index in [0.717, 1.165) is 5.75 Å². The molecular formula is C27H23N2O2S-. The zero-order valence-electron chi connectivity index (χ0n) is 17.5. The number of carboxylic acids is 1. The van der Waals surface area contributed by atoms with Crippen molar-refractivity contribution in [1.29, 1.82) is 0 Å². The lowest BCUT2D eigenvalue weighted by molar-refractivity contribution is -0.254. The molecule has 0 amide bonds. The van der Waals surface area contributed by atoms with E-state index in [0.29, 0.717) is 12.4 Å². The summed E-state index contributed by atoms with van der Waals surface area (Å²) in [7, 11) is 0. The largest absolute Gasteiger partial charge is 0.545 e. The van der Waals surface area contributed by atoms with Gasteiger partial charge < -0.3 is 15.2 Å². The second kappa shape index (κ2) is 10.2. The van der Waals surface area contributed by atoms with Crippen LogP contribution in [0.3, 0.4) is 0 Å². The fourth-order valence-electron chi connectivity index (χ4n) is 3.85. The van der Waals surface area contributed by atoms with E-state index in [1.54, 1.807) is 12.3 Å². The lowest BCUT2D eigenvalue weighted by atomic mass is 9.84. The normalized spacial score (nSPS) is 11.1. The van der Waals surface area contributed by atoms with Gasteiger partial charge >= 0.3 is 0 Å². The van der Waals surface area contributed by atoms with E-state index in [1.165, 1.54) is 22.8 Å². The third kappa shape index (κ3) is 4.53. The van der Waals surface area contributed by atoms with Crippen molar-refractivity contribution >= 4 is 23.5 Å². The standard InChI is InChI=1S/C27H24N2O2S/c30-26(31)24-17-10-18-28-25(24)29-19-20-32-27(21-11-4-1-5-12-21,22-13-6-2-7-14-22)23-15-8-3-9-16-23/h1-18H,19-20H2,(H,28,29)(H,30,31)/p-1. The number of nitrogens with one attached hydrogen (secondary N) is 1. The molecule has 160 valence electrons. The molecule has 3 aromatic carbocycles. The van der Waals surface area contributed by atoms with Gasteiger partial charge in [0, 0.05) is 24.1 Å². The highest BCUT2D eigenvalue weighted by Gasteiger charge is 2.36. The quantitative estimate of drug-likeness (QED) is 0.305. The number of hydrogen-bond acceptors (Lipinski definition) is 5. The summed E-state index contributed by atoms with van der Waals surface area (Å²) in [6.07, 6.45) is 1.57. The number of anilines is 1. The number of hydrogen-bond donors (Lipinski definition) is 1. The maximum atomic E-state index is 11.4. The number of aromatic carboxylic acids is 1. The Kier molecular flexibility index (Phi) is 6.87. The van der Waals surface area contributed by atoms with Gasteiger partial charge in [0.15, 0.2) is 0 Å². The number of carboxylic acid groups (broad SMARTS) is 1. The highest BCUT2D eigenvalue weighted by Crippen LogP contribution is 2.48. The van der Waals surface area contributed by atoms with Crippen LogP contribution in [0.1, 0.15) is 27.0 Å². The first-order chi connectivity index (χ1) is 15.7. The maximum absolute atomic E-state index is 11.4. The summed E-state index contributed by atoms with van der Waals surface area (Å²) < 4.78 is -0.410. The van der Waals surface area contributed by atoms with E-state index < -0.39 is 10.7 Å². The summed E-state index contributed by atoms with van der Waals surface area (Å²) in [5.41, 5.74) is 3.64. The first kappa shape index (κ1) is 21.7. The molecular weight excluding hydrogens is 416 g/mol. The molecule has 5 heteroatoms. The van der Waals surface area contributed by atoms with Crippen LogP contribution in [0, 0.1) is 0 Å². The lowest BCUT2D eigenvalue weighted by Gasteiger charge is -2.35. The average Bonchev–Trinajstić information content (AvgIpc) is 2.86. The summed E-state index contributed by atoms with van der Waals surface area (Å²) in [6, 6.07) is 34.5. The smallest absolute Gasteiger partial charge is 0.135 e. The predicted octanol–water partition coefficient (Wildman–Crippen LogP) is 4.58. The maximum Gasteiger partial charge on any atom is 0.135 e. The van der Waals surface area contributed by atoms with Crippen LogP contribution in [0.15, 0.2) is 109 Å². The van der Waals surface area contributed by atoms with Crippen molar-refractivity contribution in [1.82, 2.24) is 4.98 Å². The lowest BCUT2D eigenvalue weighted by Crippen LogP contribution is -2.27. The fourth-order valence-corrected chi connectivity index (χ4v) is 5.27. The van der Waals surface area contributed by atoms with Crippen LogP contribution in [0.25, 0.3) is 0 Å². The first-order valence-electron chi connectivity index (χ1n) is 10.4. The summed E-state index contributed by atoms with van der Waals surface area (Å²) in [6.45, 7) is 0.552. The van der Waals surface area contributed by atoms with Crippen LogP contribution in [-0.4, -0.2) is 23.3 Å². The van der Waals surface area contributed by atoms with Gasteiger partial charge in [0.05, 0.1) is 10.7 Å². The van der Waals surface area contributed by atoms with Gasteiger partial charge in [-0.05, 0) is 28.8 Å². The average molecular weight is 440 g/mol. The minimum atomic E-state index is -1.24. The number of pyridine rings is 1. The number of carbonyl (C=O) groups excluding carboxylic acids is 1. The van der Waals surface area contributed by atoms with Crippen molar-refractivity contribution in [2.45, 2.75) is 4.75 Å². The van der Waals surface area contributed by atoms with Gasteiger partial charge in [-0.15, -0.1) is 11.8 Å². The molecule has 0 saturated carbocycles. The van der Waals surface area contributed by atoms with Crippen LogP contribution in [0.4, 0.5) is 5.82 Å². The molecule has 0 spiro atoms. The van der Waals surface area contributed by atoms with E-state index in [1.807, 2.05) is 30.0 Å². The Morgan fingerprint density at radius 2 is 1.28 bits per heavy atom.